The molecule has 0 bridgehead atoms. The van der Waals surface area contributed by atoms with Gasteiger partial charge in [0.1, 0.15) is 17.2 Å². The van der Waals surface area contributed by atoms with Crippen LogP contribution in [-0.4, -0.2) is 23.2 Å². The molecule has 6 nitrogen and oxygen atoms in total. The second-order valence-corrected chi connectivity index (χ2v) is 5.84. The van der Waals surface area contributed by atoms with Gasteiger partial charge in [-0.1, -0.05) is 18.2 Å². The second-order valence-electron chi connectivity index (χ2n) is 5.84. The monoisotopic (exact) mass is 350 g/mol. The van der Waals surface area contributed by atoms with E-state index in [1.807, 2.05) is 37.3 Å². The van der Waals surface area contributed by atoms with E-state index < -0.39 is 0 Å². The SMILES string of the molecule is CCOc1ccccc1C1CC(c2ccco2)=NN1C(=O)c1ccco1. The van der Waals surface area contributed by atoms with E-state index in [4.69, 9.17) is 13.6 Å². The molecule has 0 aliphatic carbocycles. The summed E-state index contributed by atoms with van der Waals surface area (Å²) >= 11 is 0. The first-order chi connectivity index (χ1) is 12.8. The quantitative estimate of drug-likeness (QED) is 0.689. The fourth-order valence-corrected chi connectivity index (χ4v) is 3.09. The predicted octanol–water partition coefficient (Wildman–Crippen LogP) is 4.26. The molecule has 0 radical (unpaired) electrons. The normalized spacial score (nSPS) is 16.6. The first-order valence-corrected chi connectivity index (χ1v) is 8.48. The van der Waals surface area contributed by atoms with Gasteiger partial charge in [0.2, 0.25) is 0 Å². The lowest BCUT2D eigenvalue weighted by Crippen LogP contribution is -2.27. The minimum Gasteiger partial charge on any atom is -0.494 e. The van der Waals surface area contributed by atoms with Crippen LogP contribution >= 0.6 is 0 Å². The molecule has 0 saturated heterocycles. The molecule has 1 amide bonds. The Morgan fingerprint density at radius 2 is 1.96 bits per heavy atom. The molecule has 2 aromatic heterocycles. The predicted molar refractivity (Wildman–Crippen MR) is 95.1 cm³/mol. The number of hydrazone groups is 1. The molecule has 1 aliphatic rings. The largest absolute Gasteiger partial charge is 0.494 e. The summed E-state index contributed by atoms with van der Waals surface area (Å²) in [5.74, 6) is 1.34. The number of nitrogens with zero attached hydrogens (tertiary/aromatic N) is 2. The Hall–Kier alpha value is -3.28. The molecule has 132 valence electrons. The number of hydrogen-bond acceptors (Lipinski definition) is 5. The summed E-state index contributed by atoms with van der Waals surface area (Å²) in [5.41, 5.74) is 1.62. The molecule has 1 aromatic carbocycles. The van der Waals surface area contributed by atoms with E-state index in [1.165, 1.54) is 11.3 Å². The van der Waals surface area contributed by atoms with E-state index in [0.29, 0.717) is 24.5 Å². The van der Waals surface area contributed by atoms with Crippen molar-refractivity contribution < 1.29 is 18.4 Å². The number of rotatable bonds is 5. The van der Waals surface area contributed by atoms with Crippen LogP contribution in [0.1, 0.15) is 41.3 Å². The van der Waals surface area contributed by atoms with E-state index in [2.05, 4.69) is 5.10 Å². The van der Waals surface area contributed by atoms with Gasteiger partial charge in [-0.15, -0.1) is 0 Å². The van der Waals surface area contributed by atoms with Crippen LogP contribution < -0.4 is 4.74 Å². The van der Waals surface area contributed by atoms with Crippen molar-refractivity contribution >= 4 is 11.6 Å². The summed E-state index contributed by atoms with van der Waals surface area (Å²) in [5, 5.41) is 5.99. The van der Waals surface area contributed by atoms with Crippen molar-refractivity contribution in [2.24, 2.45) is 5.10 Å². The van der Waals surface area contributed by atoms with Gasteiger partial charge in [0.15, 0.2) is 5.76 Å². The standard InChI is InChI=1S/C20H18N2O4/c1-2-24-17-8-4-3-7-14(17)16-13-15(18-9-5-11-25-18)21-22(16)20(23)19-10-6-12-26-19/h3-12,16H,2,13H2,1H3. The molecule has 0 spiro atoms. The summed E-state index contributed by atoms with van der Waals surface area (Å²) in [6.45, 7) is 2.48. The molecule has 1 atom stereocenters. The third-order valence-corrected chi connectivity index (χ3v) is 4.23. The van der Waals surface area contributed by atoms with Crippen LogP contribution in [0.5, 0.6) is 5.75 Å². The topological polar surface area (TPSA) is 68.2 Å². The number of benzene rings is 1. The van der Waals surface area contributed by atoms with E-state index in [1.54, 1.807) is 24.5 Å². The minimum absolute atomic E-state index is 0.244. The Balaban J connectivity index is 1.74. The van der Waals surface area contributed by atoms with Gasteiger partial charge in [0.25, 0.3) is 0 Å². The number of para-hydroxylation sites is 1. The molecule has 0 fully saturated rings. The Bertz CT molecular complexity index is 913. The van der Waals surface area contributed by atoms with Crippen LogP contribution in [0.25, 0.3) is 0 Å². The van der Waals surface area contributed by atoms with Crippen molar-refractivity contribution in [3.8, 4) is 5.75 Å². The van der Waals surface area contributed by atoms with Gasteiger partial charge in [-0.05, 0) is 37.3 Å². The molecule has 3 aromatic rings. The maximum atomic E-state index is 12.9. The minimum atomic E-state index is -0.298. The highest BCUT2D eigenvalue weighted by molar-refractivity contribution is 6.02. The summed E-state index contributed by atoms with van der Waals surface area (Å²) in [6, 6.07) is 14.4. The lowest BCUT2D eigenvalue weighted by molar-refractivity contribution is 0.0676. The van der Waals surface area contributed by atoms with E-state index >= 15 is 0 Å². The number of furan rings is 2. The first kappa shape index (κ1) is 16.2. The summed E-state index contributed by atoms with van der Waals surface area (Å²) in [4.78, 5) is 12.9. The molecule has 26 heavy (non-hydrogen) atoms. The molecule has 0 saturated carbocycles. The lowest BCUT2D eigenvalue weighted by Gasteiger charge is -2.23. The Kier molecular flexibility index (Phi) is 4.31. The summed E-state index contributed by atoms with van der Waals surface area (Å²) in [7, 11) is 0. The highest BCUT2D eigenvalue weighted by atomic mass is 16.5. The van der Waals surface area contributed by atoms with Gasteiger partial charge in [0, 0.05) is 12.0 Å². The molecule has 1 aliphatic heterocycles. The van der Waals surface area contributed by atoms with Crippen LogP contribution in [0.3, 0.4) is 0 Å². The van der Waals surface area contributed by atoms with Crippen molar-refractivity contribution in [1.29, 1.82) is 0 Å². The zero-order chi connectivity index (χ0) is 17.9. The highest BCUT2D eigenvalue weighted by Gasteiger charge is 2.36. The summed E-state index contributed by atoms with van der Waals surface area (Å²) in [6.07, 6.45) is 3.60. The van der Waals surface area contributed by atoms with Gasteiger partial charge in [0.05, 0.1) is 25.2 Å². The van der Waals surface area contributed by atoms with E-state index in [9.17, 15) is 4.79 Å². The molecule has 1 unspecified atom stereocenters. The van der Waals surface area contributed by atoms with Crippen LogP contribution in [0.15, 0.2) is 75.0 Å². The van der Waals surface area contributed by atoms with Crippen molar-refractivity contribution in [2.75, 3.05) is 6.61 Å². The average molecular weight is 350 g/mol. The second kappa shape index (κ2) is 6.92. The molecule has 0 N–H and O–H groups in total. The van der Waals surface area contributed by atoms with Gasteiger partial charge in [-0.25, -0.2) is 5.01 Å². The molecule has 6 heteroatoms. The lowest BCUT2D eigenvalue weighted by atomic mass is 9.99. The van der Waals surface area contributed by atoms with Crippen LogP contribution in [-0.2, 0) is 0 Å². The third-order valence-electron chi connectivity index (χ3n) is 4.23. The van der Waals surface area contributed by atoms with Crippen molar-refractivity contribution in [3.05, 3.63) is 78.1 Å². The zero-order valence-electron chi connectivity index (χ0n) is 14.3. The van der Waals surface area contributed by atoms with Crippen molar-refractivity contribution in [2.45, 2.75) is 19.4 Å². The average Bonchev–Trinajstić information content (AvgIpc) is 3.42. The number of carbonyl (C=O) groups is 1. The molecule has 4 rings (SSSR count). The Morgan fingerprint density at radius 1 is 1.15 bits per heavy atom. The number of hydrogen-bond donors (Lipinski definition) is 0. The van der Waals surface area contributed by atoms with E-state index in [0.717, 1.165) is 11.3 Å². The number of carbonyl (C=O) groups excluding carboxylic acids is 1. The third kappa shape index (κ3) is 2.90. The fraction of sp³-hybridized carbons (Fsp3) is 0.200. The van der Waals surface area contributed by atoms with Gasteiger partial charge in [-0.3, -0.25) is 4.79 Å². The maximum absolute atomic E-state index is 12.9. The maximum Gasteiger partial charge on any atom is 0.310 e. The fourth-order valence-electron chi connectivity index (χ4n) is 3.09. The van der Waals surface area contributed by atoms with Gasteiger partial charge >= 0.3 is 5.91 Å². The molecular formula is C20H18N2O4. The van der Waals surface area contributed by atoms with E-state index in [-0.39, 0.29) is 17.7 Å². The van der Waals surface area contributed by atoms with Crippen LogP contribution in [0.2, 0.25) is 0 Å². The van der Waals surface area contributed by atoms with Crippen molar-refractivity contribution in [3.63, 3.8) is 0 Å². The first-order valence-electron chi connectivity index (χ1n) is 8.48. The van der Waals surface area contributed by atoms with Gasteiger partial charge < -0.3 is 13.6 Å². The Labute approximate surface area is 150 Å². The Morgan fingerprint density at radius 3 is 2.69 bits per heavy atom. The molecule has 3 heterocycles. The zero-order valence-corrected chi connectivity index (χ0v) is 14.3. The van der Waals surface area contributed by atoms with Crippen LogP contribution in [0, 0.1) is 0 Å². The highest BCUT2D eigenvalue weighted by Crippen LogP contribution is 2.38. The van der Waals surface area contributed by atoms with Crippen LogP contribution in [0.4, 0.5) is 0 Å². The number of ether oxygens (including phenoxy) is 1. The van der Waals surface area contributed by atoms with Gasteiger partial charge in [-0.2, -0.15) is 5.10 Å². The number of amides is 1. The smallest absolute Gasteiger partial charge is 0.310 e. The molecular weight excluding hydrogens is 332 g/mol. The summed E-state index contributed by atoms with van der Waals surface area (Å²) < 4.78 is 16.5. The van der Waals surface area contributed by atoms with Crippen molar-refractivity contribution in [1.82, 2.24) is 5.01 Å².